The molecule has 114 valence electrons. The molecule has 1 aromatic heterocycles. The zero-order valence-electron chi connectivity index (χ0n) is 11.6. The van der Waals surface area contributed by atoms with Crippen LogP contribution in [-0.4, -0.2) is 48.0 Å². The van der Waals surface area contributed by atoms with Gasteiger partial charge in [0.05, 0.1) is 0 Å². The molecule has 0 spiro atoms. The minimum absolute atomic E-state index is 0.345. The predicted molar refractivity (Wildman–Crippen MR) is 72.8 cm³/mol. The van der Waals surface area contributed by atoms with Gasteiger partial charge in [0, 0.05) is 44.1 Å². The summed E-state index contributed by atoms with van der Waals surface area (Å²) in [7, 11) is 0. The predicted octanol–water partition coefficient (Wildman–Crippen LogP) is 2.24. The first-order chi connectivity index (χ1) is 9.88. The molecule has 1 aliphatic heterocycles. The van der Waals surface area contributed by atoms with E-state index in [9.17, 15) is 18.0 Å². The van der Waals surface area contributed by atoms with E-state index in [2.05, 4.69) is 9.88 Å². The lowest BCUT2D eigenvalue weighted by Gasteiger charge is -2.37. The van der Waals surface area contributed by atoms with E-state index in [1.807, 2.05) is 18.2 Å². The average molecular weight is 299 g/mol. The quantitative estimate of drug-likeness (QED) is 0.802. The van der Waals surface area contributed by atoms with Crippen molar-refractivity contribution < 1.29 is 18.0 Å². The standard InChI is InChI=1S/C14H16F3N3O/c1-11(10-12(21)14(15,16)17)19-6-8-20(9-7-19)13-4-2-3-5-18-13/h2-5,10H,6-9H2,1H3/b11-10-. The van der Waals surface area contributed by atoms with Crippen LogP contribution < -0.4 is 4.90 Å². The lowest BCUT2D eigenvalue weighted by Crippen LogP contribution is -2.46. The van der Waals surface area contributed by atoms with Gasteiger partial charge >= 0.3 is 6.18 Å². The van der Waals surface area contributed by atoms with E-state index in [1.165, 1.54) is 6.92 Å². The van der Waals surface area contributed by atoms with Crippen LogP contribution in [0.4, 0.5) is 19.0 Å². The van der Waals surface area contributed by atoms with E-state index < -0.39 is 12.0 Å². The molecular weight excluding hydrogens is 283 g/mol. The first-order valence-corrected chi connectivity index (χ1v) is 6.58. The summed E-state index contributed by atoms with van der Waals surface area (Å²) in [6.07, 6.45) is -2.44. The summed E-state index contributed by atoms with van der Waals surface area (Å²) < 4.78 is 36.7. The van der Waals surface area contributed by atoms with Gasteiger partial charge < -0.3 is 9.80 Å². The van der Waals surface area contributed by atoms with Crippen molar-refractivity contribution >= 4 is 11.6 Å². The van der Waals surface area contributed by atoms with Gasteiger partial charge in [-0.25, -0.2) is 4.98 Å². The molecule has 1 fully saturated rings. The minimum Gasteiger partial charge on any atom is -0.371 e. The molecule has 7 heteroatoms. The highest BCUT2D eigenvalue weighted by atomic mass is 19.4. The number of carbonyl (C=O) groups is 1. The molecule has 2 heterocycles. The van der Waals surface area contributed by atoms with Crippen LogP contribution in [0.2, 0.25) is 0 Å². The number of hydrogen-bond donors (Lipinski definition) is 0. The molecule has 0 bridgehead atoms. The second kappa shape index (κ2) is 6.15. The van der Waals surface area contributed by atoms with Crippen molar-refractivity contribution in [3.05, 3.63) is 36.2 Å². The number of alkyl halides is 3. The van der Waals surface area contributed by atoms with E-state index in [4.69, 9.17) is 0 Å². The topological polar surface area (TPSA) is 36.4 Å². The number of rotatable bonds is 3. The van der Waals surface area contributed by atoms with Crippen LogP contribution in [0.3, 0.4) is 0 Å². The van der Waals surface area contributed by atoms with Crippen molar-refractivity contribution in [1.29, 1.82) is 0 Å². The molecule has 0 N–H and O–H groups in total. The normalized spacial score (nSPS) is 17.0. The molecule has 0 aromatic carbocycles. The molecule has 2 rings (SSSR count). The summed E-state index contributed by atoms with van der Waals surface area (Å²) in [5.74, 6) is -0.961. The molecule has 0 aliphatic carbocycles. The summed E-state index contributed by atoms with van der Waals surface area (Å²) in [5, 5.41) is 0. The molecule has 0 amide bonds. The van der Waals surface area contributed by atoms with Gasteiger partial charge in [-0.3, -0.25) is 4.79 Å². The second-order valence-electron chi connectivity index (χ2n) is 4.81. The highest BCUT2D eigenvalue weighted by molar-refractivity contribution is 5.94. The van der Waals surface area contributed by atoms with Crippen molar-refractivity contribution in [1.82, 2.24) is 9.88 Å². The van der Waals surface area contributed by atoms with Crippen molar-refractivity contribution in [2.24, 2.45) is 0 Å². The van der Waals surface area contributed by atoms with Crippen LogP contribution in [0.5, 0.6) is 0 Å². The third kappa shape index (κ3) is 3.96. The number of nitrogens with zero attached hydrogens (tertiary/aromatic N) is 3. The SMILES string of the molecule is C/C(=C/C(=O)C(F)(F)F)N1CCN(c2ccccn2)CC1. The Morgan fingerprint density at radius 1 is 1.24 bits per heavy atom. The first-order valence-electron chi connectivity index (χ1n) is 6.58. The number of allylic oxidation sites excluding steroid dienone is 2. The molecule has 21 heavy (non-hydrogen) atoms. The summed E-state index contributed by atoms with van der Waals surface area (Å²) in [6, 6.07) is 5.61. The van der Waals surface area contributed by atoms with E-state index in [0.29, 0.717) is 38.0 Å². The summed E-state index contributed by atoms with van der Waals surface area (Å²) >= 11 is 0. The Bertz CT molecular complexity index is 520. The monoisotopic (exact) mass is 299 g/mol. The zero-order valence-corrected chi connectivity index (χ0v) is 11.6. The molecule has 1 saturated heterocycles. The van der Waals surface area contributed by atoms with E-state index in [0.717, 1.165) is 5.82 Å². The maximum atomic E-state index is 12.2. The Labute approximate surface area is 120 Å². The lowest BCUT2D eigenvalue weighted by atomic mass is 10.2. The Kier molecular flexibility index (Phi) is 4.50. The molecule has 0 atom stereocenters. The van der Waals surface area contributed by atoms with E-state index in [-0.39, 0.29) is 0 Å². The van der Waals surface area contributed by atoms with Crippen LogP contribution in [0.15, 0.2) is 36.2 Å². The zero-order chi connectivity index (χ0) is 15.5. The van der Waals surface area contributed by atoms with Gasteiger partial charge in [0.2, 0.25) is 0 Å². The Hall–Kier alpha value is -2.05. The Balaban J connectivity index is 1.95. The van der Waals surface area contributed by atoms with Gasteiger partial charge in [-0.1, -0.05) is 6.07 Å². The number of aromatic nitrogens is 1. The van der Waals surface area contributed by atoms with Gasteiger partial charge in [-0.2, -0.15) is 13.2 Å². The molecular formula is C14H16F3N3O. The van der Waals surface area contributed by atoms with E-state index >= 15 is 0 Å². The van der Waals surface area contributed by atoms with Crippen LogP contribution in [0, 0.1) is 0 Å². The number of anilines is 1. The third-order valence-corrected chi connectivity index (χ3v) is 3.37. The number of piperazine rings is 1. The fourth-order valence-electron chi connectivity index (χ4n) is 2.19. The third-order valence-electron chi connectivity index (χ3n) is 3.37. The number of ketones is 1. The van der Waals surface area contributed by atoms with Crippen LogP contribution in [0.1, 0.15) is 6.92 Å². The molecule has 0 unspecified atom stereocenters. The number of halogens is 3. The Morgan fingerprint density at radius 3 is 2.43 bits per heavy atom. The fourth-order valence-corrected chi connectivity index (χ4v) is 2.19. The van der Waals surface area contributed by atoms with Gasteiger partial charge in [0.15, 0.2) is 0 Å². The minimum atomic E-state index is -4.81. The number of carbonyl (C=O) groups excluding carboxylic acids is 1. The number of pyridine rings is 1. The van der Waals surface area contributed by atoms with Crippen molar-refractivity contribution in [3.63, 3.8) is 0 Å². The van der Waals surface area contributed by atoms with Crippen molar-refractivity contribution in [2.75, 3.05) is 31.1 Å². The summed E-state index contributed by atoms with van der Waals surface area (Å²) in [5.41, 5.74) is 0.345. The Morgan fingerprint density at radius 2 is 1.90 bits per heavy atom. The molecule has 0 saturated carbocycles. The molecule has 1 aromatic rings. The summed E-state index contributed by atoms with van der Waals surface area (Å²) in [6.45, 7) is 3.96. The van der Waals surface area contributed by atoms with Gasteiger partial charge in [-0.15, -0.1) is 0 Å². The molecule has 1 aliphatic rings. The largest absolute Gasteiger partial charge is 0.454 e. The molecule has 4 nitrogen and oxygen atoms in total. The van der Waals surface area contributed by atoms with Crippen molar-refractivity contribution in [2.45, 2.75) is 13.1 Å². The van der Waals surface area contributed by atoms with E-state index in [1.54, 1.807) is 11.1 Å². The van der Waals surface area contributed by atoms with Crippen LogP contribution in [0.25, 0.3) is 0 Å². The lowest BCUT2D eigenvalue weighted by molar-refractivity contribution is -0.165. The maximum absolute atomic E-state index is 12.2. The smallest absolute Gasteiger partial charge is 0.371 e. The summed E-state index contributed by atoms with van der Waals surface area (Å²) in [4.78, 5) is 19.0. The van der Waals surface area contributed by atoms with Crippen LogP contribution in [-0.2, 0) is 4.79 Å². The highest BCUT2D eigenvalue weighted by Crippen LogP contribution is 2.19. The van der Waals surface area contributed by atoms with Gasteiger partial charge in [-0.05, 0) is 19.1 Å². The first kappa shape index (κ1) is 15.3. The van der Waals surface area contributed by atoms with Crippen LogP contribution >= 0.6 is 0 Å². The molecule has 0 radical (unpaired) electrons. The number of hydrogen-bond acceptors (Lipinski definition) is 4. The maximum Gasteiger partial charge on any atom is 0.454 e. The van der Waals surface area contributed by atoms with Crippen molar-refractivity contribution in [3.8, 4) is 0 Å². The average Bonchev–Trinajstić information content (AvgIpc) is 2.47. The van der Waals surface area contributed by atoms with Gasteiger partial charge in [0.25, 0.3) is 5.78 Å². The fraction of sp³-hybridized carbons (Fsp3) is 0.429. The van der Waals surface area contributed by atoms with Gasteiger partial charge in [0.1, 0.15) is 5.82 Å². The highest BCUT2D eigenvalue weighted by Gasteiger charge is 2.36. The second-order valence-corrected chi connectivity index (χ2v) is 4.81.